The summed E-state index contributed by atoms with van der Waals surface area (Å²) in [5, 5.41) is 0. The lowest BCUT2D eigenvalue weighted by atomic mass is 9.87. The number of nitrogens with zero attached hydrogens (tertiary/aromatic N) is 1. The Labute approximate surface area is 94.0 Å². The second-order valence-corrected chi connectivity index (χ2v) is 5.69. The molecule has 0 bridgehead atoms. The van der Waals surface area contributed by atoms with E-state index in [0.29, 0.717) is 0 Å². The summed E-state index contributed by atoms with van der Waals surface area (Å²) in [5.74, 6) is 0. The molecule has 1 aromatic heterocycles. The van der Waals surface area contributed by atoms with Crippen LogP contribution in [0.1, 0.15) is 38.9 Å². The van der Waals surface area contributed by atoms with Crippen molar-refractivity contribution in [2.45, 2.75) is 33.2 Å². The molecule has 1 rings (SSSR count). The van der Waals surface area contributed by atoms with E-state index in [-0.39, 0.29) is 11.5 Å². The minimum absolute atomic E-state index is 0.0208. The minimum Gasteiger partial charge on any atom is -0.323 e. The average Bonchev–Trinajstić information content (AvgIpc) is 2.01. The fourth-order valence-electron chi connectivity index (χ4n) is 1.39. The van der Waals surface area contributed by atoms with Crippen LogP contribution in [0.3, 0.4) is 0 Å². The molecule has 0 aliphatic carbocycles. The van der Waals surface area contributed by atoms with Gasteiger partial charge in [-0.3, -0.25) is 4.98 Å². The number of rotatable bonds is 2. The zero-order chi connectivity index (χ0) is 10.8. The quantitative estimate of drug-likeness (QED) is 0.883. The third-order valence-electron chi connectivity index (χ3n) is 1.96. The Bertz CT molecular complexity index is 304. The Kier molecular flexibility index (Phi) is 3.67. The van der Waals surface area contributed by atoms with Crippen molar-refractivity contribution in [3.8, 4) is 0 Å². The van der Waals surface area contributed by atoms with E-state index in [1.807, 2.05) is 12.1 Å². The van der Waals surface area contributed by atoms with Crippen LogP contribution in [0.2, 0.25) is 0 Å². The van der Waals surface area contributed by atoms with E-state index in [9.17, 15) is 0 Å². The van der Waals surface area contributed by atoms with Gasteiger partial charge in [-0.05, 0) is 24.0 Å². The molecule has 2 nitrogen and oxygen atoms in total. The molecule has 0 amide bonds. The highest BCUT2D eigenvalue weighted by Gasteiger charge is 2.17. The van der Waals surface area contributed by atoms with Gasteiger partial charge in [0.1, 0.15) is 0 Å². The van der Waals surface area contributed by atoms with E-state index in [1.165, 1.54) is 0 Å². The number of hydrogen-bond acceptors (Lipinski definition) is 2. The summed E-state index contributed by atoms with van der Waals surface area (Å²) < 4.78 is 1.03. The van der Waals surface area contributed by atoms with Gasteiger partial charge in [0.15, 0.2) is 0 Å². The van der Waals surface area contributed by atoms with Crippen molar-refractivity contribution in [3.63, 3.8) is 0 Å². The van der Waals surface area contributed by atoms with Crippen LogP contribution in [-0.2, 0) is 0 Å². The fourth-order valence-corrected chi connectivity index (χ4v) is 1.74. The smallest absolute Gasteiger partial charge is 0.0582 e. The molecule has 0 radical (unpaired) electrons. The SMILES string of the molecule is CC(C)(C)CC(N)c1cc(Br)ccn1. The minimum atomic E-state index is 0.0208. The van der Waals surface area contributed by atoms with Crippen LogP contribution in [-0.4, -0.2) is 4.98 Å². The first-order valence-electron chi connectivity index (χ1n) is 4.75. The first-order valence-corrected chi connectivity index (χ1v) is 5.55. The molecule has 1 unspecified atom stereocenters. The Morgan fingerprint density at radius 1 is 1.50 bits per heavy atom. The lowest BCUT2D eigenvalue weighted by Gasteiger charge is -2.22. The fraction of sp³-hybridized carbons (Fsp3) is 0.545. The lowest BCUT2D eigenvalue weighted by Crippen LogP contribution is -2.19. The van der Waals surface area contributed by atoms with Gasteiger partial charge in [-0.25, -0.2) is 0 Å². The molecule has 0 aliphatic rings. The molecule has 1 heterocycles. The van der Waals surface area contributed by atoms with Crippen molar-refractivity contribution >= 4 is 15.9 Å². The summed E-state index contributed by atoms with van der Waals surface area (Å²) >= 11 is 3.41. The van der Waals surface area contributed by atoms with Crippen molar-refractivity contribution in [2.24, 2.45) is 11.1 Å². The van der Waals surface area contributed by atoms with E-state index in [0.717, 1.165) is 16.6 Å². The van der Waals surface area contributed by atoms with E-state index >= 15 is 0 Å². The molecule has 0 aromatic carbocycles. The first kappa shape index (κ1) is 11.7. The summed E-state index contributed by atoms with van der Waals surface area (Å²) in [6, 6.07) is 3.91. The Hall–Kier alpha value is -0.410. The molecule has 0 saturated carbocycles. The third kappa shape index (κ3) is 3.76. The van der Waals surface area contributed by atoms with E-state index in [4.69, 9.17) is 5.73 Å². The highest BCUT2D eigenvalue weighted by atomic mass is 79.9. The van der Waals surface area contributed by atoms with Crippen molar-refractivity contribution in [1.29, 1.82) is 0 Å². The van der Waals surface area contributed by atoms with Crippen LogP contribution in [0.5, 0.6) is 0 Å². The van der Waals surface area contributed by atoms with Crippen LogP contribution >= 0.6 is 15.9 Å². The largest absolute Gasteiger partial charge is 0.323 e. The van der Waals surface area contributed by atoms with Gasteiger partial charge in [0, 0.05) is 16.7 Å². The monoisotopic (exact) mass is 256 g/mol. The Morgan fingerprint density at radius 2 is 2.14 bits per heavy atom. The zero-order valence-corrected chi connectivity index (χ0v) is 10.5. The summed E-state index contributed by atoms with van der Waals surface area (Å²) in [5.41, 5.74) is 7.26. The maximum Gasteiger partial charge on any atom is 0.0582 e. The number of halogens is 1. The van der Waals surface area contributed by atoms with Crippen LogP contribution in [0.4, 0.5) is 0 Å². The molecule has 0 fully saturated rings. The molecular weight excluding hydrogens is 240 g/mol. The molecular formula is C11H17BrN2. The predicted molar refractivity (Wildman–Crippen MR) is 62.9 cm³/mol. The van der Waals surface area contributed by atoms with Crippen molar-refractivity contribution < 1.29 is 0 Å². The van der Waals surface area contributed by atoms with Gasteiger partial charge in [-0.2, -0.15) is 0 Å². The van der Waals surface area contributed by atoms with Gasteiger partial charge in [0.05, 0.1) is 5.69 Å². The standard InChI is InChI=1S/C11H17BrN2/c1-11(2,3)7-9(13)10-6-8(12)4-5-14-10/h4-6,9H,7,13H2,1-3H3. The molecule has 78 valence electrons. The van der Waals surface area contributed by atoms with Gasteiger partial charge >= 0.3 is 0 Å². The third-order valence-corrected chi connectivity index (χ3v) is 2.45. The van der Waals surface area contributed by atoms with E-state index in [1.54, 1.807) is 6.20 Å². The summed E-state index contributed by atoms with van der Waals surface area (Å²) in [6.45, 7) is 6.56. The highest BCUT2D eigenvalue weighted by Crippen LogP contribution is 2.27. The van der Waals surface area contributed by atoms with Crippen molar-refractivity contribution in [2.75, 3.05) is 0 Å². The van der Waals surface area contributed by atoms with Gasteiger partial charge < -0.3 is 5.73 Å². The molecule has 0 spiro atoms. The molecule has 0 aliphatic heterocycles. The summed E-state index contributed by atoms with van der Waals surface area (Å²) in [7, 11) is 0. The number of aromatic nitrogens is 1. The number of pyridine rings is 1. The normalized spacial score (nSPS) is 14.1. The van der Waals surface area contributed by atoms with Gasteiger partial charge in [0.2, 0.25) is 0 Å². The molecule has 1 aromatic rings. The Morgan fingerprint density at radius 3 is 2.64 bits per heavy atom. The molecule has 1 atom stereocenters. The second kappa shape index (κ2) is 4.41. The van der Waals surface area contributed by atoms with Crippen LogP contribution < -0.4 is 5.73 Å². The van der Waals surface area contributed by atoms with E-state index in [2.05, 4.69) is 41.7 Å². The van der Waals surface area contributed by atoms with Crippen LogP contribution in [0.15, 0.2) is 22.8 Å². The van der Waals surface area contributed by atoms with Gasteiger partial charge in [-0.1, -0.05) is 36.7 Å². The van der Waals surface area contributed by atoms with Crippen molar-refractivity contribution in [3.05, 3.63) is 28.5 Å². The lowest BCUT2D eigenvalue weighted by molar-refractivity contribution is 0.340. The van der Waals surface area contributed by atoms with Gasteiger partial charge in [-0.15, -0.1) is 0 Å². The molecule has 0 saturated heterocycles. The topological polar surface area (TPSA) is 38.9 Å². The molecule has 14 heavy (non-hydrogen) atoms. The molecule has 2 N–H and O–H groups in total. The molecule has 3 heteroatoms. The van der Waals surface area contributed by atoms with E-state index < -0.39 is 0 Å². The first-order chi connectivity index (χ1) is 6.38. The summed E-state index contributed by atoms with van der Waals surface area (Å²) in [4.78, 5) is 4.27. The number of nitrogens with two attached hydrogens (primary N) is 1. The van der Waals surface area contributed by atoms with Crippen LogP contribution in [0, 0.1) is 5.41 Å². The summed E-state index contributed by atoms with van der Waals surface area (Å²) in [6.07, 6.45) is 2.72. The zero-order valence-electron chi connectivity index (χ0n) is 8.92. The predicted octanol–water partition coefficient (Wildman–Crippen LogP) is 3.28. The van der Waals surface area contributed by atoms with Crippen LogP contribution in [0.25, 0.3) is 0 Å². The Balaban J connectivity index is 2.74. The van der Waals surface area contributed by atoms with Gasteiger partial charge in [0.25, 0.3) is 0 Å². The average molecular weight is 257 g/mol. The maximum atomic E-state index is 6.07. The highest BCUT2D eigenvalue weighted by molar-refractivity contribution is 9.10. The second-order valence-electron chi connectivity index (χ2n) is 4.77. The van der Waals surface area contributed by atoms with Crippen molar-refractivity contribution in [1.82, 2.24) is 4.98 Å². The number of hydrogen-bond donors (Lipinski definition) is 1. The maximum absolute atomic E-state index is 6.07.